The topological polar surface area (TPSA) is 41.6 Å². The molecule has 0 atom stereocenters. The van der Waals surface area contributed by atoms with E-state index >= 15 is 0 Å². The molecule has 1 aliphatic carbocycles. The highest BCUT2D eigenvalue weighted by Crippen LogP contribution is 2.49. The number of ether oxygens (including phenoxy) is 1. The first-order chi connectivity index (χ1) is 12.1. The van der Waals surface area contributed by atoms with Crippen molar-refractivity contribution in [1.82, 2.24) is 10.2 Å². The highest BCUT2D eigenvalue weighted by atomic mass is 19.1. The lowest BCUT2D eigenvalue weighted by atomic mass is 9.60. The summed E-state index contributed by atoms with van der Waals surface area (Å²) in [5.41, 5.74) is 1.72. The number of likely N-dealkylation sites (tertiary alicyclic amines) is 1. The Morgan fingerprint density at radius 2 is 2.00 bits per heavy atom. The second-order valence-electron chi connectivity index (χ2n) is 8.01. The van der Waals surface area contributed by atoms with Crippen LogP contribution in [0.4, 0.5) is 4.39 Å². The molecule has 0 radical (unpaired) electrons. The van der Waals surface area contributed by atoms with Crippen molar-refractivity contribution >= 4 is 5.91 Å². The first-order valence-electron chi connectivity index (χ1n) is 9.49. The van der Waals surface area contributed by atoms with Crippen molar-refractivity contribution in [3.8, 4) is 0 Å². The quantitative estimate of drug-likeness (QED) is 0.911. The van der Waals surface area contributed by atoms with Gasteiger partial charge in [0.15, 0.2) is 0 Å². The summed E-state index contributed by atoms with van der Waals surface area (Å²) in [5, 5.41) is 3.10. The van der Waals surface area contributed by atoms with Gasteiger partial charge >= 0.3 is 0 Å². The zero-order valence-corrected chi connectivity index (χ0v) is 14.9. The number of halogens is 1. The monoisotopic (exact) mass is 346 g/mol. The first-order valence-corrected chi connectivity index (χ1v) is 9.49. The van der Waals surface area contributed by atoms with Crippen LogP contribution in [-0.4, -0.2) is 49.2 Å². The molecular formula is C20H27FN2O2. The van der Waals surface area contributed by atoms with Gasteiger partial charge in [0, 0.05) is 11.6 Å². The Bertz CT molecular complexity index is 643. The highest BCUT2D eigenvalue weighted by Gasteiger charge is 2.47. The summed E-state index contributed by atoms with van der Waals surface area (Å²) in [6.07, 6.45) is 5.28. The summed E-state index contributed by atoms with van der Waals surface area (Å²) in [4.78, 5) is 15.0. The summed E-state index contributed by atoms with van der Waals surface area (Å²) in [7, 11) is 0. The van der Waals surface area contributed by atoms with Crippen LogP contribution in [0.15, 0.2) is 18.2 Å². The molecule has 1 amide bonds. The minimum Gasteiger partial charge on any atom is -0.378 e. The van der Waals surface area contributed by atoms with Crippen LogP contribution in [0, 0.1) is 11.2 Å². The molecule has 136 valence electrons. The molecular weight excluding hydrogens is 319 g/mol. The number of hydrogen-bond donors (Lipinski definition) is 1. The summed E-state index contributed by atoms with van der Waals surface area (Å²) in [6.45, 7) is 6.04. The highest BCUT2D eigenvalue weighted by molar-refractivity contribution is 5.94. The average Bonchev–Trinajstić information content (AvgIpc) is 2.53. The smallest absolute Gasteiger partial charge is 0.251 e. The van der Waals surface area contributed by atoms with Crippen molar-refractivity contribution < 1.29 is 13.9 Å². The lowest BCUT2D eigenvalue weighted by Gasteiger charge is -2.54. The van der Waals surface area contributed by atoms with E-state index in [1.807, 2.05) is 6.92 Å². The molecule has 1 N–H and O–H groups in total. The second-order valence-corrected chi connectivity index (χ2v) is 8.01. The number of amides is 1. The van der Waals surface area contributed by atoms with E-state index in [0.717, 1.165) is 51.1 Å². The molecule has 1 aromatic rings. The third-order valence-corrected chi connectivity index (χ3v) is 6.32. The van der Waals surface area contributed by atoms with Crippen molar-refractivity contribution in [1.29, 1.82) is 0 Å². The fourth-order valence-corrected chi connectivity index (χ4v) is 4.55. The van der Waals surface area contributed by atoms with Crippen LogP contribution in [0.25, 0.3) is 0 Å². The van der Waals surface area contributed by atoms with E-state index in [2.05, 4.69) is 10.2 Å². The Kier molecular flexibility index (Phi) is 4.54. The molecule has 1 spiro atoms. The van der Waals surface area contributed by atoms with E-state index in [9.17, 15) is 9.18 Å². The van der Waals surface area contributed by atoms with Gasteiger partial charge in [0.2, 0.25) is 0 Å². The number of piperidine rings is 1. The zero-order valence-electron chi connectivity index (χ0n) is 14.9. The van der Waals surface area contributed by atoms with Gasteiger partial charge in [0.25, 0.3) is 5.91 Å². The fourth-order valence-electron chi connectivity index (χ4n) is 4.55. The SMILES string of the molecule is CCc1cc(F)cc(C(=O)NC2CC3(CCN(C4COC4)CC3)C2)c1. The maximum absolute atomic E-state index is 13.6. The fraction of sp³-hybridized carbons (Fsp3) is 0.650. The molecule has 3 fully saturated rings. The van der Waals surface area contributed by atoms with Gasteiger partial charge in [0.1, 0.15) is 5.82 Å². The Morgan fingerprint density at radius 1 is 1.28 bits per heavy atom. The van der Waals surface area contributed by atoms with Gasteiger partial charge in [-0.1, -0.05) is 6.92 Å². The molecule has 4 nitrogen and oxygen atoms in total. The van der Waals surface area contributed by atoms with E-state index < -0.39 is 0 Å². The van der Waals surface area contributed by atoms with Gasteiger partial charge in [-0.15, -0.1) is 0 Å². The van der Waals surface area contributed by atoms with Gasteiger partial charge in [-0.05, 0) is 74.4 Å². The van der Waals surface area contributed by atoms with Crippen LogP contribution in [-0.2, 0) is 11.2 Å². The molecule has 25 heavy (non-hydrogen) atoms. The summed E-state index contributed by atoms with van der Waals surface area (Å²) >= 11 is 0. The van der Waals surface area contributed by atoms with E-state index in [4.69, 9.17) is 4.74 Å². The normalized spacial score (nSPS) is 23.9. The van der Waals surface area contributed by atoms with Gasteiger partial charge in [-0.25, -0.2) is 4.39 Å². The third-order valence-electron chi connectivity index (χ3n) is 6.32. The lowest BCUT2D eigenvalue weighted by Crippen LogP contribution is -2.58. The minimum absolute atomic E-state index is 0.141. The number of carbonyl (C=O) groups is 1. The van der Waals surface area contributed by atoms with E-state index in [1.54, 1.807) is 6.07 Å². The number of nitrogens with zero attached hydrogens (tertiary/aromatic N) is 1. The summed E-state index contributed by atoms with van der Waals surface area (Å²) in [5.74, 6) is -0.472. The summed E-state index contributed by atoms with van der Waals surface area (Å²) < 4.78 is 18.9. The molecule has 2 aliphatic heterocycles. The lowest BCUT2D eigenvalue weighted by molar-refractivity contribution is -0.0932. The number of benzene rings is 1. The maximum Gasteiger partial charge on any atom is 0.251 e. The predicted molar refractivity (Wildman–Crippen MR) is 94.1 cm³/mol. The molecule has 0 aromatic heterocycles. The number of carbonyl (C=O) groups excluding carboxylic acids is 1. The maximum atomic E-state index is 13.6. The molecule has 3 aliphatic rings. The molecule has 1 aromatic carbocycles. The second kappa shape index (κ2) is 6.69. The van der Waals surface area contributed by atoms with Gasteiger partial charge in [-0.3, -0.25) is 9.69 Å². The van der Waals surface area contributed by atoms with E-state index in [-0.39, 0.29) is 17.8 Å². The first kappa shape index (κ1) is 17.0. The van der Waals surface area contributed by atoms with Crippen LogP contribution < -0.4 is 5.32 Å². The van der Waals surface area contributed by atoms with Gasteiger partial charge in [-0.2, -0.15) is 0 Å². The molecule has 2 heterocycles. The van der Waals surface area contributed by atoms with Crippen LogP contribution in [0.5, 0.6) is 0 Å². The van der Waals surface area contributed by atoms with Gasteiger partial charge < -0.3 is 10.1 Å². The van der Waals surface area contributed by atoms with Crippen molar-refractivity contribution in [3.63, 3.8) is 0 Å². The summed E-state index contributed by atoms with van der Waals surface area (Å²) in [6, 6.07) is 5.50. The van der Waals surface area contributed by atoms with Gasteiger partial charge in [0.05, 0.1) is 19.3 Å². The van der Waals surface area contributed by atoms with Crippen molar-refractivity contribution in [2.75, 3.05) is 26.3 Å². The third kappa shape index (κ3) is 3.44. The minimum atomic E-state index is -0.332. The predicted octanol–water partition coefficient (Wildman–Crippen LogP) is 2.76. The average molecular weight is 346 g/mol. The van der Waals surface area contributed by atoms with E-state index in [0.29, 0.717) is 17.0 Å². The molecule has 0 unspecified atom stereocenters. The Balaban J connectivity index is 1.28. The molecule has 0 bridgehead atoms. The largest absolute Gasteiger partial charge is 0.378 e. The molecule has 1 saturated carbocycles. The van der Waals surface area contributed by atoms with Crippen molar-refractivity contribution in [3.05, 3.63) is 35.1 Å². The van der Waals surface area contributed by atoms with E-state index in [1.165, 1.54) is 25.0 Å². The number of nitrogens with one attached hydrogen (secondary N) is 1. The van der Waals surface area contributed by atoms with Crippen LogP contribution in [0.2, 0.25) is 0 Å². The molecule has 2 saturated heterocycles. The number of rotatable bonds is 4. The zero-order chi connectivity index (χ0) is 17.4. The van der Waals surface area contributed by atoms with Crippen LogP contribution in [0.1, 0.15) is 48.5 Å². The Morgan fingerprint density at radius 3 is 2.60 bits per heavy atom. The number of aryl methyl sites for hydroxylation is 1. The molecule has 5 heteroatoms. The molecule has 4 rings (SSSR count). The Labute approximate surface area is 148 Å². The van der Waals surface area contributed by atoms with Crippen LogP contribution in [0.3, 0.4) is 0 Å². The van der Waals surface area contributed by atoms with Crippen molar-refractivity contribution in [2.24, 2.45) is 5.41 Å². The van der Waals surface area contributed by atoms with Crippen LogP contribution >= 0.6 is 0 Å². The van der Waals surface area contributed by atoms with Crippen molar-refractivity contribution in [2.45, 2.75) is 51.1 Å². The number of hydrogen-bond acceptors (Lipinski definition) is 3. The Hall–Kier alpha value is -1.46. The standard InChI is InChI=1S/C20H27FN2O2/c1-2-14-7-15(9-16(21)8-14)19(24)22-17-10-20(11-17)3-5-23(6-4-20)18-12-25-13-18/h7-9,17-18H,2-6,10-13H2,1H3,(H,22,24).